The Morgan fingerprint density at radius 3 is 2.69 bits per heavy atom. The first-order valence-corrected chi connectivity index (χ1v) is 5.90. The number of nitrogens with zero attached hydrogens (tertiary/aromatic N) is 1. The lowest BCUT2D eigenvalue weighted by Crippen LogP contribution is -1.95. The Bertz CT molecular complexity index is 528. The maximum absolute atomic E-state index is 9.78. The molecule has 0 saturated carbocycles. The summed E-state index contributed by atoms with van der Waals surface area (Å²) in [5.74, 6) is 0. The number of rotatable bonds is 2. The Hall–Kier alpha value is -0.990. The van der Waals surface area contributed by atoms with Crippen LogP contribution in [0.15, 0.2) is 18.2 Å². The second kappa shape index (κ2) is 4.11. The maximum Gasteiger partial charge on any atom is 0.115 e. The standard InChI is InChI=1S/C13H16ClNO/c1-4-15-11-7-8(2)5-6-10(11)12(9(3)16)13(15)14/h5-7,9,16H,4H2,1-3H3. The zero-order chi connectivity index (χ0) is 11.9. The number of aliphatic hydroxyl groups is 1. The molecule has 0 aliphatic heterocycles. The predicted octanol–water partition coefficient (Wildman–Crippen LogP) is 3.68. The summed E-state index contributed by atoms with van der Waals surface area (Å²) in [7, 11) is 0. The van der Waals surface area contributed by atoms with Gasteiger partial charge in [0, 0.05) is 23.0 Å². The van der Waals surface area contributed by atoms with Crippen molar-refractivity contribution in [2.45, 2.75) is 33.4 Å². The normalized spacial score (nSPS) is 13.3. The topological polar surface area (TPSA) is 25.2 Å². The second-order valence-electron chi connectivity index (χ2n) is 4.15. The van der Waals surface area contributed by atoms with Crippen molar-refractivity contribution in [1.29, 1.82) is 0 Å². The molecule has 1 aromatic heterocycles. The summed E-state index contributed by atoms with van der Waals surface area (Å²) in [6.45, 7) is 6.67. The van der Waals surface area contributed by atoms with E-state index in [0.29, 0.717) is 5.15 Å². The fourth-order valence-corrected chi connectivity index (χ4v) is 2.63. The third-order valence-electron chi connectivity index (χ3n) is 2.93. The Morgan fingerprint density at radius 2 is 2.12 bits per heavy atom. The SMILES string of the molecule is CCn1c(Cl)c(C(C)O)c2ccc(C)cc21. The lowest BCUT2D eigenvalue weighted by atomic mass is 10.1. The van der Waals surface area contributed by atoms with Crippen molar-refractivity contribution in [2.75, 3.05) is 0 Å². The molecule has 2 nitrogen and oxygen atoms in total. The molecule has 0 radical (unpaired) electrons. The molecule has 1 N–H and O–H groups in total. The Balaban J connectivity index is 2.86. The van der Waals surface area contributed by atoms with Crippen LogP contribution in [0, 0.1) is 6.92 Å². The minimum absolute atomic E-state index is 0.537. The highest BCUT2D eigenvalue weighted by molar-refractivity contribution is 6.32. The van der Waals surface area contributed by atoms with E-state index in [4.69, 9.17) is 11.6 Å². The van der Waals surface area contributed by atoms with Gasteiger partial charge in [0.05, 0.1) is 6.10 Å². The summed E-state index contributed by atoms with van der Waals surface area (Å²) in [6, 6.07) is 6.19. The minimum atomic E-state index is -0.537. The van der Waals surface area contributed by atoms with Gasteiger partial charge in [-0.15, -0.1) is 0 Å². The number of aryl methyl sites for hydroxylation is 2. The Kier molecular flexibility index (Phi) is 2.96. The van der Waals surface area contributed by atoms with Crippen LogP contribution in [0.3, 0.4) is 0 Å². The number of halogens is 1. The number of aliphatic hydroxyl groups excluding tert-OH is 1. The Morgan fingerprint density at radius 1 is 1.44 bits per heavy atom. The van der Waals surface area contributed by atoms with Crippen LogP contribution in [0.5, 0.6) is 0 Å². The predicted molar refractivity (Wildman–Crippen MR) is 68.0 cm³/mol. The van der Waals surface area contributed by atoms with Crippen molar-refractivity contribution in [1.82, 2.24) is 4.57 Å². The van der Waals surface area contributed by atoms with Crippen LogP contribution < -0.4 is 0 Å². The molecule has 1 unspecified atom stereocenters. The average molecular weight is 238 g/mol. The number of hydrogen-bond acceptors (Lipinski definition) is 1. The van der Waals surface area contributed by atoms with E-state index < -0.39 is 6.10 Å². The van der Waals surface area contributed by atoms with E-state index in [1.165, 1.54) is 5.56 Å². The molecule has 86 valence electrons. The lowest BCUT2D eigenvalue weighted by molar-refractivity contribution is 0.200. The van der Waals surface area contributed by atoms with Crippen LogP contribution in [0.2, 0.25) is 5.15 Å². The van der Waals surface area contributed by atoms with Gasteiger partial charge in [0.15, 0.2) is 0 Å². The van der Waals surface area contributed by atoms with Crippen LogP contribution >= 0.6 is 11.6 Å². The monoisotopic (exact) mass is 237 g/mol. The van der Waals surface area contributed by atoms with Gasteiger partial charge in [-0.2, -0.15) is 0 Å². The van der Waals surface area contributed by atoms with E-state index in [-0.39, 0.29) is 0 Å². The van der Waals surface area contributed by atoms with Crippen LogP contribution in [0.25, 0.3) is 10.9 Å². The molecule has 0 fully saturated rings. The summed E-state index contributed by atoms with van der Waals surface area (Å²) in [6.07, 6.45) is -0.537. The fraction of sp³-hybridized carbons (Fsp3) is 0.385. The third-order valence-corrected chi connectivity index (χ3v) is 3.34. The van der Waals surface area contributed by atoms with Crippen LogP contribution in [-0.2, 0) is 6.54 Å². The summed E-state index contributed by atoms with van der Waals surface area (Å²) >= 11 is 6.30. The van der Waals surface area contributed by atoms with E-state index in [1.807, 2.05) is 16.7 Å². The Labute approximate surface area is 100 Å². The van der Waals surface area contributed by atoms with Crippen molar-refractivity contribution in [3.8, 4) is 0 Å². The molecule has 0 saturated heterocycles. The minimum Gasteiger partial charge on any atom is -0.389 e. The number of benzene rings is 1. The first kappa shape index (κ1) is 11.5. The first-order chi connectivity index (χ1) is 7.56. The molecule has 1 heterocycles. The summed E-state index contributed by atoms with van der Waals surface area (Å²) in [4.78, 5) is 0. The van der Waals surface area contributed by atoms with Gasteiger partial charge in [-0.1, -0.05) is 23.7 Å². The molecule has 0 aliphatic carbocycles. The van der Waals surface area contributed by atoms with Gasteiger partial charge in [-0.05, 0) is 32.4 Å². The molecule has 2 aromatic rings. The largest absolute Gasteiger partial charge is 0.389 e. The molecule has 0 amide bonds. The molecule has 16 heavy (non-hydrogen) atoms. The highest BCUT2D eigenvalue weighted by Gasteiger charge is 2.17. The van der Waals surface area contributed by atoms with Crippen molar-refractivity contribution in [2.24, 2.45) is 0 Å². The van der Waals surface area contributed by atoms with Crippen molar-refractivity contribution in [3.63, 3.8) is 0 Å². The molecule has 2 rings (SSSR count). The van der Waals surface area contributed by atoms with Gasteiger partial charge in [-0.25, -0.2) is 0 Å². The molecule has 3 heteroatoms. The lowest BCUT2D eigenvalue weighted by Gasteiger charge is -2.04. The van der Waals surface area contributed by atoms with Crippen molar-refractivity contribution >= 4 is 22.5 Å². The van der Waals surface area contributed by atoms with Crippen molar-refractivity contribution < 1.29 is 5.11 Å². The summed E-state index contributed by atoms with van der Waals surface area (Å²) < 4.78 is 2.03. The van der Waals surface area contributed by atoms with E-state index >= 15 is 0 Å². The molecule has 1 aromatic carbocycles. The third kappa shape index (κ3) is 1.62. The zero-order valence-corrected chi connectivity index (χ0v) is 10.5. The van der Waals surface area contributed by atoms with E-state index in [0.717, 1.165) is 23.0 Å². The zero-order valence-electron chi connectivity index (χ0n) is 9.79. The maximum atomic E-state index is 9.78. The van der Waals surface area contributed by atoms with Gasteiger partial charge < -0.3 is 9.67 Å². The molecule has 0 bridgehead atoms. The molecular weight excluding hydrogens is 222 g/mol. The van der Waals surface area contributed by atoms with Crippen LogP contribution in [0.4, 0.5) is 0 Å². The molecular formula is C13H16ClNO. The number of hydrogen-bond donors (Lipinski definition) is 1. The molecule has 0 aliphatic rings. The first-order valence-electron chi connectivity index (χ1n) is 5.52. The second-order valence-corrected chi connectivity index (χ2v) is 4.50. The molecule has 1 atom stereocenters. The van der Waals surface area contributed by atoms with Gasteiger partial charge in [0.1, 0.15) is 5.15 Å². The van der Waals surface area contributed by atoms with E-state index in [2.05, 4.69) is 19.9 Å². The fourth-order valence-electron chi connectivity index (χ4n) is 2.16. The number of aromatic nitrogens is 1. The van der Waals surface area contributed by atoms with Gasteiger partial charge in [0.25, 0.3) is 0 Å². The quantitative estimate of drug-likeness (QED) is 0.847. The smallest absolute Gasteiger partial charge is 0.115 e. The van der Waals surface area contributed by atoms with Crippen LogP contribution in [-0.4, -0.2) is 9.67 Å². The van der Waals surface area contributed by atoms with E-state index in [9.17, 15) is 5.11 Å². The highest BCUT2D eigenvalue weighted by atomic mass is 35.5. The molecule has 0 spiro atoms. The van der Waals surface area contributed by atoms with Crippen molar-refractivity contribution in [3.05, 3.63) is 34.5 Å². The van der Waals surface area contributed by atoms with Gasteiger partial charge in [0.2, 0.25) is 0 Å². The number of fused-ring (bicyclic) bond motifs is 1. The van der Waals surface area contributed by atoms with Gasteiger partial charge >= 0.3 is 0 Å². The van der Waals surface area contributed by atoms with Gasteiger partial charge in [-0.3, -0.25) is 0 Å². The summed E-state index contributed by atoms with van der Waals surface area (Å²) in [5, 5.41) is 11.5. The summed E-state index contributed by atoms with van der Waals surface area (Å²) in [5.41, 5.74) is 3.13. The van der Waals surface area contributed by atoms with E-state index in [1.54, 1.807) is 6.92 Å². The highest BCUT2D eigenvalue weighted by Crippen LogP contribution is 2.34. The van der Waals surface area contributed by atoms with Crippen LogP contribution in [0.1, 0.15) is 31.1 Å². The average Bonchev–Trinajstić information content (AvgIpc) is 2.49.